The summed E-state index contributed by atoms with van der Waals surface area (Å²) in [6.07, 6.45) is -0.178. The minimum absolute atomic E-state index is 0. The van der Waals surface area contributed by atoms with Gasteiger partial charge in [-0.05, 0) is 18.1 Å². The van der Waals surface area contributed by atoms with Gasteiger partial charge in [0.2, 0.25) is 0 Å². The molecule has 0 heterocycles. The van der Waals surface area contributed by atoms with Gasteiger partial charge < -0.3 is 16.2 Å². The lowest BCUT2D eigenvalue weighted by Crippen LogP contribution is -2.33. The average molecular weight is 429 g/mol. The van der Waals surface area contributed by atoms with E-state index in [1.807, 2.05) is 30.3 Å². The molecule has 0 aliphatic rings. The number of benzene rings is 2. The first-order valence-electron chi connectivity index (χ1n) is 7.17. The molecule has 0 amide bonds. The van der Waals surface area contributed by atoms with Gasteiger partial charge in [0.1, 0.15) is 11.9 Å². The van der Waals surface area contributed by atoms with Crippen molar-refractivity contribution >= 4 is 29.9 Å². The summed E-state index contributed by atoms with van der Waals surface area (Å²) < 4.78 is 13.5. The molecular formula is C17H21FIN3O. The predicted molar refractivity (Wildman–Crippen MR) is 101 cm³/mol. The summed E-state index contributed by atoms with van der Waals surface area (Å²) in [6.45, 7) is 0.667. The Bertz CT molecular complexity index is 622. The highest BCUT2D eigenvalue weighted by Gasteiger charge is 2.11. The lowest BCUT2D eigenvalue weighted by Gasteiger charge is -2.10. The summed E-state index contributed by atoms with van der Waals surface area (Å²) >= 11 is 0. The number of nitrogens with two attached hydrogens (primary N) is 1. The number of nitrogens with one attached hydrogen (secondary N) is 1. The lowest BCUT2D eigenvalue weighted by atomic mass is 10.1. The first kappa shape index (κ1) is 19.4. The minimum Gasteiger partial charge on any atom is -0.386 e. The molecule has 0 spiro atoms. The highest BCUT2D eigenvalue weighted by molar-refractivity contribution is 14.0. The van der Waals surface area contributed by atoms with Crippen molar-refractivity contribution in [2.24, 2.45) is 10.7 Å². The van der Waals surface area contributed by atoms with Crippen molar-refractivity contribution in [1.29, 1.82) is 0 Å². The third-order valence-corrected chi connectivity index (χ3v) is 3.26. The van der Waals surface area contributed by atoms with Crippen LogP contribution in [0, 0.1) is 5.82 Å². The average Bonchev–Trinajstić information content (AvgIpc) is 2.54. The quantitative estimate of drug-likeness (QED) is 0.376. The maximum atomic E-state index is 13.5. The summed E-state index contributed by atoms with van der Waals surface area (Å²) in [6, 6.07) is 16.1. The first-order valence-corrected chi connectivity index (χ1v) is 7.17. The molecule has 1 unspecified atom stereocenters. The summed E-state index contributed by atoms with van der Waals surface area (Å²) in [4.78, 5) is 4.04. The Labute approximate surface area is 152 Å². The second kappa shape index (κ2) is 10.2. The van der Waals surface area contributed by atoms with Gasteiger partial charge >= 0.3 is 0 Å². The van der Waals surface area contributed by atoms with E-state index in [9.17, 15) is 9.50 Å². The largest absolute Gasteiger partial charge is 0.386 e. The molecule has 0 saturated heterocycles. The van der Waals surface area contributed by atoms with Crippen LogP contribution in [0.15, 0.2) is 59.6 Å². The standard InChI is InChI=1S/C17H20FN3O.HI/c18-15-9-5-4-8-14(15)16(22)12-21-17(19)20-11-10-13-6-2-1-3-7-13;/h1-9,16,22H,10-12H2,(H3,19,20,21);1H. The van der Waals surface area contributed by atoms with Gasteiger partial charge in [0.05, 0.1) is 6.54 Å². The molecule has 4 N–H and O–H groups in total. The molecule has 23 heavy (non-hydrogen) atoms. The molecule has 2 aromatic rings. The number of aliphatic imine (C=N–C) groups is 1. The maximum absolute atomic E-state index is 13.5. The van der Waals surface area contributed by atoms with Crippen molar-refractivity contribution in [2.75, 3.05) is 13.1 Å². The number of hydrogen-bond acceptors (Lipinski definition) is 2. The Morgan fingerprint density at radius 3 is 2.48 bits per heavy atom. The van der Waals surface area contributed by atoms with Crippen LogP contribution in [0.25, 0.3) is 0 Å². The van der Waals surface area contributed by atoms with E-state index in [0.29, 0.717) is 6.54 Å². The zero-order valence-electron chi connectivity index (χ0n) is 12.7. The highest BCUT2D eigenvalue weighted by Crippen LogP contribution is 2.16. The van der Waals surface area contributed by atoms with E-state index in [2.05, 4.69) is 10.3 Å². The Morgan fingerprint density at radius 1 is 1.13 bits per heavy atom. The molecule has 6 heteroatoms. The molecule has 0 radical (unpaired) electrons. The number of rotatable bonds is 6. The number of aliphatic hydroxyl groups excluding tert-OH is 1. The summed E-state index contributed by atoms with van der Waals surface area (Å²) in [5, 5.41) is 12.9. The number of hydrogen-bond donors (Lipinski definition) is 3. The van der Waals surface area contributed by atoms with Crippen LogP contribution in [-0.2, 0) is 6.42 Å². The van der Waals surface area contributed by atoms with Crippen LogP contribution in [0.1, 0.15) is 17.2 Å². The lowest BCUT2D eigenvalue weighted by molar-refractivity contribution is 0.182. The minimum atomic E-state index is -1.00. The number of nitrogens with zero attached hydrogens (tertiary/aromatic N) is 1. The van der Waals surface area contributed by atoms with E-state index < -0.39 is 11.9 Å². The molecule has 0 fully saturated rings. The van der Waals surface area contributed by atoms with E-state index in [-0.39, 0.29) is 42.0 Å². The van der Waals surface area contributed by atoms with Gasteiger partial charge in [-0.2, -0.15) is 0 Å². The molecule has 124 valence electrons. The van der Waals surface area contributed by atoms with Crippen molar-refractivity contribution in [3.63, 3.8) is 0 Å². The van der Waals surface area contributed by atoms with Gasteiger partial charge in [0, 0.05) is 12.1 Å². The zero-order chi connectivity index (χ0) is 15.8. The van der Waals surface area contributed by atoms with E-state index in [0.717, 1.165) is 6.42 Å². The fourth-order valence-corrected chi connectivity index (χ4v) is 2.06. The summed E-state index contributed by atoms with van der Waals surface area (Å²) in [5.74, 6) is -0.202. The normalized spacial score (nSPS) is 12.3. The molecular weight excluding hydrogens is 408 g/mol. The third kappa shape index (κ3) is 6.54. The van der Waals surface area contributed by atoms with E-state index in [1.54, 1.807) is 12.1 Å². The van der Waals surface area contributed by atoms with Crippen LogP contribution in [0.4, 0.5) is 4.39 Å². The van der Waals surface area contributed by atoms with Crippen LogP contribution in [-0.4, -0.2) is 24.2 Å². The molecule has 0 aliphatic carbocycles. The fourth-order valence-electron chi connectivity index (χ4n) is 2.06. The molecule has 0 bridgehead atoms. The zero-order valence-corrected chi connectivity index (χ0v) is 15.0. The predicted octanol–water partition coefficient (Wildman–Crippen LogP) is 2.62. The Balaban J connectivity index is 0.00000264. The van der Waals surface area contributed by atoms with Gasteiger partial charge in [-0.15, -0.1) is 24.0 Å². The smallest absolute Gasteiger partial charge is 0.188 e. The number of guanidine groups is 1. The molecule has 0 aromatic heterocycles. The van der Waals surface area contributed by atoms with Crippen molar-refractivity contribution in [2.45, 2.75) is 12.5 Å². The molecule has 2 rings (SSSR count). The van der Waals surface area contributed by atoms with Crippen molar-refractivity contribution in [3.8, 4) is 0 Å². The van der Waals surface area contributed by atoms with E-state index >= 15 is 0 Å². The Hall–Kier alpha value is -1.67. The van der Waals surface area contributed by atoms with Gasteiger partial charge in [0.15, 0.2) is 5.96 Å². The van der Waals surface area contributed by atoms with Gasteiger partial charge in [-0.25, -0.2) is 4.39 Å². The topological polar surface area (TPSA) is 70.6 Å². The molecule has 4 nitrogen and oxygen atoms in total. The second-order valence-corrected chi connectivity index (χ2v) is 4.93. The third-order valence-electron chi connectivity index (χ3n) is 3.26. The first-order chi connectivity index (χ1) is 10.7. The van der Waals surface area contributed by atoms with Crippen LogP contribution in [0.3, 0.4) is 0 Å². The maximum Gasteiger partial charge on any atom is 0.188 e. The van der Waals surface area contributed by atoms with Crippen LogP contribution in [0.2, 0.25) is 0 Å². The number of halogens is 2. The molecule has 1 atom stereocenters. The molecule has 2 aromatic carbocycles. The fraction of sp³-hybridized carbons (Fsp3) is 0.235. The molecule has 0 aliphatic heterocycles. The van der Waals surface area contributed by atoms with E-state index in [4.69, 9.17) is 5.73 Å². The Kier molecular flexibility index (Phi) is 8.57. The van der Waals surface area contributed by atoms with Gasteiger partial charge in [0.25, 0.3) is 0 Å². The summed E-state index contributed by atoms with van der Waals surface area (Å²) in [7, 11) is 0. The Morgan fingerprint density at radius 2 is 1.78 bits per heavy atom. The monoisotopic (exact) mass is 429 g/mol. The SMILES string of the molecule is I.NC(=NCC(O)c1ccccc1F)NCCc1ccccc1. The van der Waals surface area contributed by atoms with Gasteiger partial charge in [-0.1, -0.05) is 48.5 Å². The number of aliphatic hydroxyl groups is 1. The van der Waals surface area contributed by atoms with Crippen LogP contribution >= 0.6 is 24.0 Å². The summed E-state index contributed by atoms with van der Waals surface area (Å²) in [5.41, 5.74) is 7.16. The van der Waals surface area contributed by atoms with Crippen molar-refractivity contribution < 1.29 is 9.50 Å². The second-order valence-electron chi connectivity index (χ2n) is 4.93. The van der Waals surface area contributed by atoms with Crippen LogP contribution < -0.4 is 11.1 Å². The van der Waals surface area contributed by atoms with Gasteiger partial charge in [-0.3, -0.25) is 4.99 Å². The molecule has 0 saturated carbocycles. The van der Waals surface area contributed by atoms with E-state index in [1.165, 1.54) is 17.7 Å². The van der Waals surface area contributed by atoms with Crippen molar-refractivity contribution in [3.05, 3.63) is 71.5 Å². The van der Waals surface area contributed by atoms with Crippen molar-refractivity contribution in [1.82, 2.24) is 5.32 Å². The highest BCUT2D eigenvalue weighted by atomic mass is 127. The van der Waals surface area contributed by atoms with Crippen LogP contribution in [0.5, 0.6) is 0 Å².